The van der Waals surface area contributed by atoms with Crippen LogP contribution >= 0.6 is 0 Å². The van der Waals surface area contributed by atoms with Crippen molar-refractivity contribution in [1.82, 2.24) is 9.55 Å². The molecule has 0 bridgehead atoms. The topological polar surface area (TPSA) is 92.4 Å². The van der Waals surface area contributed by atoms with Gasteiger partial charge in [0.05, 0.1) is 23.0 Å². The van der Waals surface area contributed by atoms with Crippen molar-refractivity contribution < 1.29 is 19.8 Å². The molecule has 6 nitrogen and oxygen atoms in total. The summed E-state index contributed by atoms with van der Waals surface area (Å²) in [6.07, 6.45) is 2.81. The Morgan fingerprint density at radius 3 is 2.39 bits per heavy atom. The third kappa shape index (κ3) is 4.80. The number of hydrogen-bond acceptors (Lipinski definition) is 3. The largest absolute Gasteiger partial charge is 0.481 e. The van der Waals surface area contributed by atoms with Crippen molar-refractivity contribution in [3.8, 4) is 11.1 Å². The summed E-state index contributed by atoms with van der Waals surface area (Å²) in [5.74, 6) is -0.872. The van der Waals surface area contributed by atoms with Gasteiger partial charge in [0, 0.05) is 13.0 Å². The number of unbranched alkanes of at least 4 members (excludes halogenated alkanes) is 1. The zero-order valence-electron chi connectivity index (χ0n) is 18.5. The van der Waals surface area contributed by atoms with E-state index in [0.717, 1.165) is 52.8 Å². The van der Waals surface area contributed by atoms with E-state index in [0.29, 0.717) is 12.1 Å². The predicted molar refractivity (Wildman–Crippen MR) is 128 cm³/mol. The third-order valence-corrected chi connectivity index (χ3v) is 5.79. The van der Waals surface area contributed by atoms with Gasteiger partial charge < -0.3 is 14.8 Å². The number of fused-ring (bicyclic) bond motifs is 1. The van der Waals surface area contributed by atoms with Crippen LogP contribution in [0.3, 0.4) is 0 Å². The lowest BCUT2D eigenvalue weighted by Crippen LogP contribution is -2.08. The average molecular weight is 443 g/mol. The monoisotopic (exact) mass is 442 g/mol. The number of rotatable bonds is 9. The summed E-state index contributed by atoms with van der Waals surface area (Å²) in [7, 11) is 0. The first-order valence-electron chi connectivity index (χ1n) is 11.1. The minimum Gasteiger partial charge on any atom is -0.481 e. The molecule has 2 N–H and O–H groups in total. The van der Waals surface area contributed by atoms with Crippen LogP contribution in [0.5, 0.6) is 0 Å². The van der Waals surface area contributed by atoms with Gasteiger partial charge in [-0.2, -0.15) is 0 Å². The molecule has 0 atom stereocenters. The fourth-order valence-corrected chi connectivity index (χ4v) is 4.20. The molecule has 168 valence electrons. The van der Waals surface area contributed by atoms with Crippen LogP contribution in [-0.2, 0) is 24.2 Å². The number of benzene rings is 3. The molecule has 0 aliphatic rings. The number of carboxylic acids is 2. The van der Waals surface area contributed by atoms with Gasteiger partial charge in [-0.15, -0.1) is 0 Å². The van der Waals surface area contributed by atoms with Crippen molar-refractivity contribution >= 4 is 23.0 Å². The fraction of sp³-hybridized carbons (Fsp3) is 0.222. The zero-order valence-corrected chi connectivity index (χ0v) is 18.5. The molecule has 0 aliphatic carbocycles. The number of hydrogen-bond donors (Lipinski definition) is 2. The highest BCUT2D eigenvalue weighted by molar-refractivity contribution is 5.96. The molecule has 0 spiro atoms. The second-order valence-corrected chi connectivity index (χ2v) is 8.12. The van der Waals surface area contributed by atoms with E-state index in [9.17, 15) is 19.8 Å². The first-order chi connectivity index (χ1) is 16.0. The Labute approximate surface area is 192 Å². The standard InChI is InChI=1S/C27H26N2O4/c1-2-3-11-24-28-23-10-6-7-20(16-25(30)31)26(23)29(24)17-18-12-14-19(15-13-18)21-8-4-5-9-22(21)27(32)33/h4-10,12-15H,2-3,11,16-17H2,1H3,(H,30,31)(H,32,33). The van der Waals surface area contributed by atoms with Crippen molar-refractivity contribution in [3.05, 3.63) is 89.2 Å². The number of carbonyl (C=O) groups is 2. The minimum absolute atomic E-state index is 0.0544. The van der Waals surface area contributed by atoms with Crippen molar-refractivity contribution in [2.45, 2.75) is 39.2 Å². The number of aliphatic carboxylic acids is 1. The van der Waals surface area contributed by atoms with Crippen LogP contribution in [0.25, 0.3) is 22.2 Å². The third-order valence-electron chi connectivity index (χ3n) is 5.79. The Kier molecular flexibility index (Phi) is 6.54. The number of para-hydroxylation sites is 1. The van der Waals surface area contributed by atoms with Crippen molar-refractivity contribution in [1.29, 1.82) is 0 Å². The number of carboxylic acid groups (broad SMARTS) is 2. The van der Waals surface area contributed by atoms with Gasteiger partial charge in [0.1, 0.15) is 5.82 Å². The summed E-state index contributed by atoms with van der Waals surface area (Å²) >= 11 is 0. The van der Waals surface area contributed by atoms with Gasteiger partial charge in [0.15, 0.2) is 0 Å². The summed E-state index contributed by atoms with van der Waals surface area (Å²) in [4.78, 5) is 27.8. The van der Waals surface area contributed by atoms with Crippen molar-refractivity contribution in [3.63, 3.8) is 0 Å². The maximum absolute atomic E-state index is 11.6. The van der Waals surface area contributed by atoms with Crippen LogP contribution < -0.4 is 0 Å². The van der Waals surface area contributed by atoms with Crippen molar-refractivity contribution in [2.75, 3.05) is 0 Å². The van der Waals surface area contributed by atoms with Crippen LogP contribution in [0.4, 0.5) is 0 Å². The minimum atomic E-state index is -0.953. The molecule has 1 aromatic heterocycles. The first kappa shape index (κ1) is 22.3. The van der Waals surface area contributed by atoms with E-state index in [4.69, 9.17) is 4.98 Å². The van der Waals surface area contributed by atoms with Gasteiger partial charge in [-0.3, -0.25) is 4.79 Å². The summed E-state index contributed by atoms with van der Waals surface area (Å²) in [5, 5.41) is 18.9. The summed E-state index contributed by atoms with van der Waals surface area (Å²) in [5.41, 5.74) is 5.25. The molecule has 4 aromatic rings. The van der Waals surface area contributed by atoms with Gasteiger partial charge in [0.2, 0.25) is 0 Å². The Bertz CT molecular complexity index is 1310. The van der Waals surface area contributed by atoms with E-state index in [1.165, 1.54) is 0 Å². The van der Waals surface area contributed by atoms with Gasteiger partial charge in [-0.05, 0) is 40.8 Å². The fourth-order valence-electron chi connectivity index (χ4n) is 4.20. The van der Waals surface area contributed by atoms with E-state index in [1.54, 1.807) is 12.1 Å². The molecule has 4 rings (SSSR count). The molecule has 0 saturated heterocycles. The highest BCUT2D eigenvalue weighted by Crippen LogP contribution is 2.27. The Morgan fingerprint density at radius 1 is 0.939 bits per heavy atom. The van der Waals surface area contributed by atoms with E-state index < -0.39 is 11.9 Å². The van der Waals surface area contributed by atoms with E-state index >= 15 is 0 Å². The summed E-state index contributed by atoms with van der Waals surface area (Å²) < 4.78 is 2.13. The lowest BCUT2D eigenvalue weighted by Gasteiger charge is -2.13. The maximum Gasteiger partial charge on any atom is 0.336 e. The van der Waals surface area contributed by atoms with Gasteiger partial charge in [-0.25, -0.2) is 9.78 Å². The molecule has 1 heterocycles. The van der Waals surface area contributed by atoms with Crippen LogP contribution in [-0.4, -0.2) is 31.7 Å². The second-order valence-electron chi connectivity index (χ2n) is 8.12. The molecule has 0 radical (unpaired) electrons. The molecular weight excluding hydrogens is 416 g/mol. The van der Waals surface area contributed by atoms with Crippen LogP contribution in [0.15, 0.2) is 66.7 Å². The van der Waals surface area contributed by atoms with E-state index in [-0.39, 0.29) is 12.0 Å². The van der Waals surface area contributed by atoms with Gasteiger partial charge in [0.25, 0.3) is 0 Å². The average Bonchev–Trinajstić information content (AvgIpc) is 3.16. The summed E-state index contributed by atoms with van der Waals surface area (Å²) in [6.45, 7) is 2.70. The lowest BCUT2D eigenvalue weighted by molar-refractivity contribution is -0.136. The molecule has 0 fully saturated rings. The molecule has 0 amide bonds. The first-order valence-corrected chi connectivity index (χ1v) is 11.1. The Morgan fingerprint density at radius 2 is 1.70 bits per heavy atom. The smallest absolute Gasteiger partial charge is 0.336 e. The maximum atomic E-state index is 11.6. The number of aryl methyl sites for hydroxylation is 1. The molecule has 0 aliphatic heterocycles. The summed E-state index contributed by atoms with van der Waals surface area (Å²) in [6, 6.07) is 20.4. The predicted octanol–water partition coefficient (Wildman–Crippen LogP) is 5.42. The lowest BCUT2D eigenvalue weighted by atomic mass is 9.98. The number of nitrogens with zero attached hydrogens (tertiary/aromatic N) is 2. The molecule has 0 saturated carbocycles. The number of aromatic nitrogens is 2. The zero-order chi connectivity index (χ0) is 23.4. The van der Waals surface area contributed by atoms with Gasteiger partial charge in [-0.1, -0.05) is 67.9 Å². The highest BCUT2D eigenvalue weighted by Gasteiger charge is 2.16. The van der Waals surface area contributed by atoms with E-state index in [1.807, 2.05) is 54.6 Å². The molecular formula is C27H26N2O4. The van der Waals surface area contributed by atoms with E-state index in [2.05, 4.69) is 11.5 Å². The Hall–Kier alpha value is -3.93. The molecule has 33 heavy (non-hydrogen) atoms. The quantitative estimate of drug-likeness (QED) is 0.361. The van der Waals surface area contributed by atoms with Gasteiger partial charge >= 0.3 is 11.9 Å². The number of aromatic carboxylic acids is 1. The SMILES string of the molecule is CCCCc1nc2cccc(CC(=O)O)c2n1Cc1ccc(-c2ccccc2C(=O)O)cc1. The van der Waals surface area contributed by atoms with Crippen LogP contribution in [0.2, 0.25) is 0 Å². The van der Waals surface area contributed by atoms with Crippen LogP contribution in [0, 0.1) is 0 Å². The van der Waals surface area contributed by atoms with Crippen LogP contribution in [0.1, 0.15) is 47.1 Å². The highest BCUT2D eigenvalue weighted by atomic mass is 16.4. The van der Waals surface area contributed by atoms with Crippen molar-refractivity contribution in [2.24, 2.45) is 0 Å². The second kappa shape index (κ2) is 9.69. The molecule has 0 unspecified atom stereocenters. The molecule has 6 heteroatoms. The molecule has 3 aromatic carbocycles. The number of imidazole rings is 1. The Balaban J connectivity index is 1.72. The normalized spacial score (nSPS) is 11.1.